The summed E-state index contributed by atoms with van der Waals surface area (Å²) in [6, 6.07) is 7.36. The molecule has 0 aliphatic carbocycles. The third-order valence-corrected chi connectivity index (χ3v) is 4.05. The number of thiophene rings is 1. The zero-order valence-corrected chi connectivity index (χ0v) is 13.5. The van der Waals surface area contributed by atoms with Gasteiger partial charge in [0.1, 0.15) is 16.3 Å². The number of hydrogen-bond acceptors (Lipinski definition) is 5. The van der Waals surface area contributed by atoms with E-state index in [1.54, 1.807) is 14.0 Å². The Balaban J connectivity index is 2.45. The molecule has 6 heteroatoms. The summed E-state index contributed by atoms with van der Waals surface area (Å²) in [4.78, 5) is 23.7. The normalized spacial score (nSPS) is 10.1. The summed E-state index contributed by atoms with van der Waals surface area (Å²) in [5, 5.41) is 5.08. The maximum Gasteiger partial charge on any atom is 0.341 e. The van der Waals surface area contributed by atoms with Gasteiger partial charge in [0, 0.05) is 17.4 Å². The largest absolute Gasteiger partial charge is 0.497 e. The maximum absolute atomic E-state index is 12.1. The Morgan fingerprint density at radius 1 is 1.18 bits per heavy atom. The third-order valence-electron chi connectivity index (χ3n) is 3.16. The fraction of sp³-hybridized carbons (Fsp3) is 0.250. The fourth-order valence-corrected chi connectivity index (χ4v) is 2.93. The Morgan fingerprint density at radius 2 is 1.86 bits per heavy atom. The van der Waals surface area contributed by atoms with Crippen LogP contribution in [0.3, 0.4) is 0 Å². The van der Waals surface area contributed by atoms with Gasteiger partial charge in [-0.25, -0.2) is 4.79 Å². The van der Waals surface area contributed by atoms with E-state index in [-0.39, 0.29) is 5.91 Å². The van der Waals surface area contributed by atoms with Crippen LogP contribution in [0.25, 0.3) is 11.1 Å². The molecule has 0 saturated carbocycles. The van der Waals surface area contributed by atoms with Crippen molar-refractivity contribution in [2.75, 3.05) is 19.5 Å². The Hall–Kier alpha value is -2.34. The molecular formula is C16H17NO4S. The first-order chi connectivity index (χ1) is 10.6. The van der Waals surface area contributed by atoms with E-state index < -0.39 is 5.97 Å². The number of benzene rings is 1. The standard InChI is InChI=1S/C16H17NO4S/c1-4-13(18)17-15-14(16(19)21-3)12(9-22-15)10-5-7-11(20-2)8-6-10/h5-9H,4H2,1-3H3,(H,17,18). The van der Waals surface area contributed by atoms with Crippen molar-refractivity contribution in [2.45, 2.75) is 13.3 Å². The highest BCUT2D eigenvalue weighted by Crippen LogP contribution is 2.36. The van der Waals surface area contributed by atoms with E-state index >= 15 is 0 Å². The van der Waals surface area contributed by atoms with E-state index in [0.29, 0.717) is 17.0 Å². The van der Waals surface area contributed by atoms with Crippen molar-refractivity contribution in [3.63, 3.8) is 0 Å². The van der Waals surface area contributed by atoms with Gasteiger partial charge in [-0.2, -0.15) is 0 Å². The number of hydrogen-bond donors (Lipinski definition) is 1. The van der Waals surface area contributed by atoms with Crippen LogP contribution < -0.4 is 10.1 Å². The van der Waals surface area contributed by atoms with Crippen LogP contribution in [0.4, 0.5) is 5.00 Å². The van der Waals surface area contributed by atoms with Gasteiger partial charge in [-0.05, 0) is 17.7 Å². The number of anilines is 1. The molecular weight excluding hydrogens is 302 g/mol. The second-order valence-corrected chi connectivity index (χ2v) is 5.35. The van der Waals surface area contributed by atoms with Gasteiger partial charge in [0.05, 0.1) is 14.2 Å². The zero-order valence-electron chi connectivity index (χ0n) is 12.6. The molecule has 0 saturated heterocycles. The minimum atomic E-state index is -0.474. The van der Waals surface area contributed by atoms with E-state index in [4.69, 9.17) is 9.47 Å². The first-order valence-corrected chi connectivity index (χ1v) is 7.62. The lowest BCUT2D eigenvalue weighted by molar-refractivity contribution is -0.115. The summed E-state index contributed by atoms with van der Waals surface area (Å²) in [7, 11) is 2.92. The molecule has 1 amide bonds. The highest BCUT2D eigenvalue weighted by molar-refractivity contribution is 7.15. The van der Waals surface area contributed by atoms with E-state index in [1.807, 2.05) is 29.6 Å². The van der Waals surface area contributed by atoms with Crippen LogP contribution in [0, 0.1) is 0 Å². The highest BCUT2D eigenvalue weighted by atomic mass is 32.1. The Kier molecular flexibility index (Phi) is 5.16. The van der Waals surface area contributed by atoms with Crippen molar-refractivity contribution in [1.82, 2.24) is 0 Å². The zero-order chi connectivity index (χ0) is 16.1. The number of nitrogens with one attached hydrogen (secondary N) is 1. The van der Waals surface area contributed by atoms with Crippen molar-refractivity contribution < 1.29 is 19.1 Å². The van der Waals surface area contributed by atoms with Crippen LogP contribution in [-0.2, 0) is 9.53 Å². The number of methoxy groups -OCH3 is 2. The molecule has 1 N–H and O–H groups in total. The molecule has 1 heterocycles. The molecule has 0 atom stereocenters. The summed E-state index contributed by atoms with van der Waals surface area (Å²) in [6.45, 7) is 1.76. The van der Waals surface area contributed by atoms with Crippen LogP contribution in [0.2, 0.25) is 0 Å². The molecule has 22 heavy (non-hydrogen) atoms. The number of esters is 1. The highest BCUT2D eigenvalue weighted by Gasteiger charge is 2.21. The van der Waals surface area contributed by atoms with E-state index in [2.05, 4.69) is 5.32 Å². The van der Waals surface area contributed by atoms with Gasteiger partial charge in [-0.3, -0.25) is 4.79 Å². The lowest BCUT2D eigenvalue weighted by Crippen LogP contribution is -2.12. The van der Waals surface area contributed by atoms with Gasteiger partial charge in [0.25, 0.3) is 0 Å². The molecule has 0 unspecified atom stereocenters. The monoisotopic (exact) mass is 319 g/mol. The van der Waals surface area contributed by atoms with Gasteiger partial charge < -0.3 is 14.8 Å². The molecule has 2 rings (SSSR count). The first-order valence-electron chi connectivity index (χ1n) is 6.74. The van der Waals surface area contributed by atoms with E-state index in [9.17, 15) is 9.59 Å². The van der Waals surface area contributed by atoms with Crippen LogP contribution in [0.5, 0.6) is 5.75 Å². The number of amides is 1. The fourth-order valence-electron chi connectivity index (χ4n) is 1.95. The molecule has 0 radical (unpaired) electrons. The molecule has 0 bridgehead atoms. The van der Waals surface area contributed by atoms with Gasteiger partial charge in [-0.15, -0.1) is 11.3 Å². The summed E-state index contributed by atoms with van der Waals surface area (Å²) >= 11 is 1.30. The second kappa shape index (κ2) is 7.09. The van der Waals surface area contributed by atoms with Crippen LogP contribution in [-0.4, -0.2) is 26.1 Å². The minimum absolute atomic E-state index is 0.145. The smallest absolute Gasteiger partial charge is 0.341 e. The molecule has 2 aromatic rings. The molecule has 116 valence electrons. The number of carbonyl (C=O) groups excluding carboxylic acids is 2. The van der Waals surface area contributed by atoms with Crippen LogP contribution in [0.15, 0.2) is 29.6 Å². The quantitative estimate of drug-likeness (QED) is 0.856. The Bertz CT molecular complexity index is 676. The van der Waals surface area contributed by atoms with E-state index in [0.717, 1.165) is 16.9 Å². The van der Waals surface area contributed by atoms with Crippen LogP contribution in [0.1, 0.15) is 23.7 Å². The molecule has 1 aromatic heterocycles. The summed E-state index contributed by atoms with van der Waals surface area (Å²) in [6.07, 6.45) is 0.344. The Morgan fingerprint density at radius 3 is 2.41 bits per heavy atom. The summed E-state index contributed by atoms with van der Waals surface area (Å²) in [5.74, 6) is 0.116. The SMILES string of the molecule is CCC(=O)Nc1scc(-c2ccc(OC)cc2)c1C(=O)OC. The van der Waals surface area contributed by atoms with Crippen molar-refractivity contribution in [2.24, 2.45) is 0 Å². The molecule has 1 aromatic carbocycles. The minimum Gasteiger partial charge on any atom is -0.497 e. The number of ether oxygens (including phenoxy) is 2. The second-order valence-electron chi connectivity index (χ2n) is 4.48. The van der Waals surface area contributed by atoms with Gasteiger partial charge in [0.15, 0.2) is 0 Å². The predicted molar refractivity (Wildman–Crippen MR) is 86.6 cm³/mol. The lowest BCUT2D eigenvalue weighted by Gasteiger charge is -2.07. The van der Waals surface area contributed by atoms with Crippen molar-refractivity contribution in [1.29, 1.82) is 0 Å². The third kappa shape index (κ3) is 3.28. The topological polar surface area (TPSA) is 64.6 Å². The van der Waals surface area contributed by atoms with Crippen molar-refractivity contribution >= 4 is 28.2 Å². The van der Waals surface area contributed by atoms with Gasteiger partial charge in [0.2, 0.25) is 5.91 Å². The predicted octanol–water partition coefficient (Wildman–Crippen LogP) is 3.56. The summed E-state index contributed by atoms with van der Waals surface area (Å²) in [5.41, 5.74) is 1.96. The summed E-state index contributed by atoms with van der Waals surface area (Å²) < 4.78 is 9.98. The molecule has 5 nitrogen and oxygen atoms in total. The average molecular weight is 319 g/mol. The first kappa shape index (κ1) is 16.0. The lowest BCUT2D eigenvalue weighted by atomic mass is 10.0. The number of carbonyl (C=O) groups is 2. The molecule has 0 aliphatic heterocycles. The molecule has 0 spiro atoms. The maximum atomic E-state index is 12.1. The van der Waals surface area contributed by atoms with Gasteiger partial charge >= 0.3 is 5.97 Å². The van der Waals surface area contributed by atoms with Crippen molar-refractivity contribution in [3.8, 4) is 16.9 Å². The molecule has 0 aliphatic rings. The van der Waals surface area contributed by atoms with Gasteiger partial charge in [-0.1, -0.05) is 19.1 Å². The number of rotatable bonds is 5. The van der Waals surface area contributed by atoms with E-state index in [1.165, 1.54) is 18.4 Å². The van der Waals surface area contributed by atoms with Crippen LogP contribution >= 0.6 is 11.3 Å². The molecule has 0 fully saturated rings. The van der Waals surface area contributed by atoms with Crippen molar-refractivity contribution in [3.05, 3.63) is 35.2 Å². The Labute approximate surface area is 132 Å². The average Bonchev–Trinajstić information content (AvgIpc) is 2.97.